The van der Waals surface area contributed by atoms with E-state index in [0.717, 1.165) is 38.6 Å². The van der Waals surface area contributed by atoms with Gasteiger partial charge in [0.1, 0.15) is 0 Å². The summed E-state index contributed by atoms with van der Waals surface area (Å²) in [6.45, 7) is 0.818. The molecule has 20 heavy (non-hydrogen) atoms. The van der Waals surface area contributed by atoms with Crippen molar-refractivity contribution in [2.45, 2.75) is 51.2 Å². The molecule has 2 aliphatic carbocycles. The number of aliphatic hydroxyl groups excluding tert-OH is 1. The second-order valence-corrected chi connectivity index (χ2v) is 6.33. The average Bonchev–Trinajstić information content (AvgIpc) is 3.03. The van der Waals surface area contributed by atoms with Crippen molar-refractivity contribution in [1.29, 1.82) is 0 Å². The number of allylic oxidation sites excluding steroid dienone is 2. The Balaban J connectivity index is 1.59. The van der Waals surface area contributed by atoms with Crippen LogP contribution in [-0.2, 0) is 4.79 Å². The van der Waals surface area contributed by atoms with Crippen LogP contribution in [0.15, 0.2) is 12.2 Å². The van der Waals surface area contributed by atoms with Crippen molar-refractivity contribution in [3.8, 4) is 0 Å². The highest BCUT2D eigenvalue weighted by Crippen LogP contribution is 2.44. The van der Waals surface area contributed by atoms with Crippen LogP contribution in [0.2, 0.25) is 0 Å². The molecule has 1 fully saturated rings. The van der Waals surface area contributed by atoms with E-state index in [4.69, 9.17) is 10.2 Å². The molecule has 2 bridgehead atoms. The van der Waals surface area contributed by atoms with Crippen LogP contribution >= 0.6 is 0 Å². The van der Waals surface area contributed by atoms with Crippen molar-refractivity contribution >= 4 is 5.91 Å². The lowest BCUT2D eigenvalue weighted by atomic mass is 9.92. The van der Waals surface area contributed by atoms with E-state index in [1.165, 1.54) is 6.42 Å². The maximum Gasteiger partial charge on any atom is 0.226 e. The molecule has 114 valence electrons. The average molecular weight is 281 g/mol. The maximum absolute atomic E-state index is 12.4. The Morgan fingerprint density at radius 2 is 1.95 bits per heavy atom. The second-order valence-electron chi connectivity index (χ2n) is 6.33. The van der Waals surface area contributed by atoms with Crippen LogP contribution in [0, 0.1) is 17.8 Å². The Kier molecular flexibility index (Phi) is 5.61. The number of aliphatic hydroxyl groups is 2. The summed E-state index contributed by atoms with van der Waals surface area (Å²) in [4.78, 5) is 14.3. The molecular formula is C16H27NO3. The third-order valence-electron chi connectivity index (χ3n) is 4.68. The topological polar surface area (TPSA) is 60.8 Å². The van der Waals surface area contributed by atoms with Gasteiger partial charge in [-0.15, -0.1) is 0 Å². The zero-order valence-electron chi connectivity index (χ0n) is 12.4. The molecule has 2 N–H and O–H groups in total. The Morgan fingerprint density at radius 3 is 2.55 bits per heavy atom. The SMILES string of the molecule is CN(CCCCCCC(O)O)C(=O)C1CC2C=CC1C2. The highest BCUT2D eigenvalue weighted by molar-refractivity contribution is 5.79. The first-order chi connectivity index (χ1) is 9.58. The van der Waals surface area contributed by atoms with Gasteiger partial charge in [-0.3, -0.25) is 4.79 Å². The van der Waals surface area contributed by atoms with Crippen molar-refractivity contribution in [3.63, 3.8) is 0 Å². The zero-order valence-corrected chi connectivity index (χ0v) is 12.4. The molecule has 0 aromatic heterocycles. The van der Waals surface area contributed by atoms with Gasteiger partial charge in [-0.25, -0.2) is 0 Å². The minimum Gasteiger partial charge on any atom is -0.368 e. The normalized spacial score (nSPS) is 27.5. The monoisotopic (exact) mass is 281 g/mol. The minimum atomic E-state index is -1.18. The summed E-state index contributed by atoms with van der Waals surface area (Å²) in [7, 11) is 1.91. The molecule has 1 amide bonds. The first-order valence-electron chi connectivity index (χ1n) is 7.87. The lowest BCUT2D eigenvalue weighted by Gasteiger charge is -2.24. The molecule has 2 rings (SSSR count). The van der Waals surface area contributed by atoms with Gasteiger partial charge in [-0.05, 0) is 43.9 Å². The number of amides is 1. The van der Waals surface area contributed by atoms with Gasteiger partial charge in [0, 0.05) is 19.5 Å². The van der Waals surface area contributed by atoms with Gasteiger partial charge in [0.05, 0.1) is 0 Å². The molecule has 4 nitrogen and oxygen atoms in total. The molecule has 0 aromatic rings. The van der Waals surface area contributed by atoms with Crippen molar-refractivity contribution in [1.82, 2.24) is 4.90 Å². The predicted octanol–water partition coefficient (Wildman–Crippen LogP) is 1.92. The molecule has 0 heterocycles. The van der Waals surface area contributed by atoms with Gasteiger partial charge < -0.3 is 15.1 Å². The fraction of sp³-hybridized carbons (Fsp3) is 0.812. The number of nitrogens with zero attached hydrogens (tertiary/aromatic N) is 1. The molecule has 0 saturated heterocycles. The second kappa shape index (κ2) is 7.23. The fourth-order valence-electron chi connectivity index (χ4n) is 3.49. The van der Waals surface area contributed by atoms with Crippen molar-refractivity contribution in [2.24, 2.45) is 17.8 Å². The number of hydrogen-bond acceptors (Lipinski definition) is 3. The van der Waals surface area contributed by atoms with Gasteiger partial charge in [0.2, 0.25) is 5.91 Å². The Hall–Kier alpha value is -0.870. The molecule has 3 atom stereocenters. The molecule has 0 radical (unpaired) electrons. The Labute approximate surface area is 121 Å². The quantitative estimate of drug-likeness (QED) is 0.406. The van der Waals surface area contributed by atoms with Crippen LogP contribution in [0.5, 0.6) is 0 Å². The standard InChI is InChI=1S/C16H27NO3/c1-17(9-5-3-2-4-6-15(18)19)16(20)14-11-12-7-8-13(14)10-12/h7-8,12-15,18-19H,2-6,9-11H2,1H3. The van der Waals surface area contributed by atoms with Gasteiger partial charge in [0.15, 0.2) is 6.29 Å². The molecule has 0 aliphatic heterocycles. The van der Waals surface area contributed by atoms with E-state index >= 15 is 0 Å². The Bertz CT molecular complexity index is 354. The lowest BCUT2D eigenvalue weighted by Crippen LogP contribution is -2.35. The van der Waals surface area contributed by atoms with Gasteiger partial charge in [-0.1, -0.05) is 25.0 Å². The molecule has 4 heteroatoms. The van der Waals surface area contributed by atoms with E-state index in [0.29, 0.717) is 24.2 Å². The highest BCUT2D eigenvalue weighted by atomic mass is 16.5. The molecule has 2 aliphatic rings. The summed E-state index contributed by atoms with van der Waals surface area (Å²) in [5.74, 6) is 1.67. The number of rotatable bonds is 8. The van der Waals surface area contributed by atoms with E-state index < -0.39 is 6.29 Å². The van der Waals surface area contributed by atoms with Gasteiger partial charge >= 0.3 is 0 Å². The number of hydrogen-bond donors (Lipinski definition) is 2. The van der Waals surface area contributed by atoms with E-state index in [1.807, 2.05) is 11.9 Å². The van der Waals surface area contributed by atoms with Crippen LogP contribution in [0.25, 0.3) is 0 Å². The number of unbranched alkanes of at least 4 members (excludes halogenated alkanes) is 3. The van der Waals surface area contributed by atoms with E-state index in [2.05, 4.69) is 12.2 Å². The minimum absolute atomic E-state index is 0.222. The van der Waals surface area contributed by atoms with E-state index in [-0.39, 0.29) is 5.92 Å². The van der Waals surface area contributed by atoms with Crippen molar-refractivity contribution < 1.29 is 15.0 Å². The van der Waals surface area contributed by atoms with Gasteiger partial charge in [0.25, 0.3) is 0 Å². The third kappa shape index (κ3) is 4.06. The predicted molar refractivity (Wildman–Crippen MR) is 77.8 cm³/mol. The summed E-state index contributed by atoms with van der Waals surface area (Å²) in [6, 6.07) is 0. The summed E-state index contributed by atoms with van der Waals surface area (Å²) in [5.41, 5.74) is 0. The number of carbonyl (C=O) groups excluding carboxylic acids is 1. The number of fused-ring (bicyclic) bond motifs is 2. The lowest BCUT2D eigenvalue weighted by molar-refractivity contribution is -0.135. The van der Waals surface area contributed by atoms with Crippen LogP contribution in [-0.4, -0.2) is 40.9 Å². The van der Waals surface area contributed by atoms with Crippen LogP contribution in [0.1, 0.15) is 44.9 Å². The van der Waals surface area contributed by atoms with E-state index in [1.54, 1.807) is 0 Å². The van der Waals surface area contributed by atoms with E-state index in [9.17, 15) is 4.79 Å². The van der Waals surface area contributed by atoms with Crippen LogP contribution in [0.3, 0.4) is 0 Å². The van der Waals surface area contributed by atoms with Crippen LogP contribution < -0.4 is 0 Å². The van der Waals surface area contributed by atoms with Gasteiger partial charge in [-0.2, -0.15) is 0 Å². The summed E-state index contributed by atoms with van der Waals surface area (Å²) in [6.07, 6.45) is 9.86. The fourth-order valence-corrected chi connectivity index (χ4v) is 3.49. The zero-order chi connectivity index (χ0) is 14.5. The molecule has 0 spiro atoms. The smallest absolute Gasteiger partial charge is 0.226 e. The summed E-state index contributed by atoms with van der Waals surface area (Å²) < 4.78 is 0. The largest absolute Gasteiger partial charge is 0.368 e. The maximum atomic E-state index is 12.4. The molecule has 0 aromatic carbocycles. The van der Waals surface area contributed by atoms with Crippen molar-refractivity contribution in [2.75, 3.05) is 13.6 Å². The highest BCUT2D eigenvalue weighted by Gasteiger charge is 2.40. The first kappa shape index (κ1) is 15.5. The Morgan fingerprint density at radius 1 is 1.20 bits per heavy atom. The molecular weight excluding hydrogens is 254 g/mol. The summed E-state index contributed by atoms with van der Waals surface area (Å²) >= 11 is 0. The summed E-state index contributed by atoms with van der Waals surface area (Å²) in [5, 5.41) is 17.5. The molecule has 1 saturated carbocycles. The number of carbonyl (C=O) groups is 1. The van der Waals surface area contributed by atoms with Crippen LogP contribution in [0.4, 0.5) is 0 Å². The van der Waals surface area contributed by atoms with Crippen molar-refractivity contribution in [3.05, 3.63) is 12.2 Å². The molecule has 3 unspecified atom stereocenters. The first-order valence-corrected chi connectivity index (χ1v) is 7.87. The third-order valence-corrected chi connectivity index (χ3v) is 4.68.